The minimum atomic E-state index is -0.457. The van der Waals surface area contributed by atoms with Gasteiger partial charge in [-0.15, -0.1) is 0 Å². The summed E-state index contributed by atoms with van der Waals surface area (Å²) in [6.45, 7) is 7.66. The Hall–Kier alpha value is -0.970. The topological polar surface area (TPSA) is 63.4 Å². The van der Waals surface area contributed by atoms with Gasteiger partial charge in [0.05, 0.1) is 11.0 Å². The maximum atomic E-state index is 12.1. The first-order valence-corrected chi connectivity index (χ1v) is 6.21. The molecule has 0 bridgehead atoms. The van der Waals surface area contributed by atoms with Crippen LogP contribution in [0.4, 0.5) is 0 Å². The van der Waals surface area contributed by atoms with E-state index in [9.17, 15) is 9.59 Å². The molecule has 2 amide bonds. The number of likely N-dealkylation sites (tertiary alicyclic amines) is 1. The summed E-state index contributed by atoms with van der Waals surface area (Å²) in [5, 5.41) is 0. The Labute approximate surface area is 108 Å². The Balaban J connectivity index is 3.01. The lowest BCUT2D eigenvalue weighted by molar-refractivity contribution is -0.154. The highest BCUT2D eigenvalue weighted by molar-refractivity contribution is 7.80. The van der Waals surface area contributed by atoms with Crippen molar-refractivity contribution in [1.82, 2.24) is 4.90 Å². The van der Waals surface area contributed by atoms with E-state index in [-0.39, 0.29) is 28.1 Å². The van der Waals surface area contributed by atoms with Crippen molar-refractivity contribution in [3.63, 3.8) is 0 Å². The Bertz CT molecular complexity index is 344. The average molecular weight is 256 g/mol. The van der Waals surface area contributed by atoms with Gasteiger partial charge in [-0.05, 0) is 11.3 Å². The molecular formula is C12H20N2O2S. The second kappa shape index (κ2) is 4.72. The van der Waals surface area contributed by atoms with Crippen LogP contribution in [0.15, 0.2) is 0 Å². The summed E-state index contributed by atoms with van der Waals surface area (Å²) in [4.78, 5) is 25.6. The number of hydrogen-bond donors (Lipinski definition) is 1. The zero-order valence-corrected chi connectivity index (χ0v) is 11.6. The van der Waals surface area contributed by atoms with Crippen LogP contribution in [-0.4, -0.2) is 27.7 Å². The van der Waals surface area contributed by atoms with Gasteiger partial charge in [0, 0.05) is 12.8 Å². The van der Waals surface area contributed by atoms with E-state index in [0.29, 0.717) is 12.8 Å². The van der Waals surface area contributed by atoms with Gasteiger partial charge >= 0.3 is 0 Å². The van der Waals surface area contributed by atoms with Crippen molar-refractivity contribution in [1.29, 1.82) is 0 Å². The van der Waals surface area contributed by atoms with Crippen LogP contribution in [0.1, 0.15) is 40.5 Å². The lowest BCUT2D eigenvalue weighted by Gasteiger charge is -2.40. The Kier molecular flexibility index (Phi) is 3.91. The standard InChI is InChI=1S/C12H20N2O2S/c1-7(2)10(11(13)17)14-8(15)5-12(3,4)6-9(14)16/h7,10H,5-6H2,1-4H3,(H2,13,17). The first-order valence-electron chi connectivity index (χ1n) is 5.80. The minimum absolute atomic E-state index is 0.0432. The molecule has 1 unspecified atom stereocenters. The molecule has 1 aliphatic heterocycles. The monoisotopic (exact) mass is 256 g/mol. The van der Waals surface area contributed by atoms with Gasteiger partial charge in [-0.3, -0.25) is 14.5 Å². The quantitative estimate of drug-likeness (QED) is 0.613. The molecule has 2 N–H and O–H groups in total. The summed E-state index contributed by atoms with van der Waals surface area (Å²) in [7, 11) is 0. The predicted molar refractivity (Wildman–Crippen MR) is 70.3 cm³/mol. The van der Waals surface area contributed by atoms with Crippen molar-refractivity contribution in [2.75, 3.05) is 0 Å². The summed E-state index contributed by atoms with van der Waals surface area (Å²) < 4.78 is 0. The largest absolute Gasteiger partial charge is 0.392 e. The molecule has 96 valence electrons. The first-order chi connectivity index (χ1) is 7.65. The van der Waals surface area contributed by atoms with Crippen LogP contribution >= 0.6 is 12.2 Å². The molecule has 5 heteroatoms. The van der Waals surface area contributed by atoms with E-state index >= 15 is 0 Å². The summed E-state index contributed by atoms with van der Waals surface area (Å²) in [5.41, 5.74) is 5.38. The lowest BCUT2D eigenvalue weighted by atomic mass is 9.80. The molecule has 1 heterocycles. The molecule has 0 aliphatic carbocycles. The molecule has 1 aliphatic rings. The zero-order chi connectivity index (χ0) is 13.4. The molecular weight excluding hydrogens is 236 g/mol. The van der Waals surface area contributed by atoms with E-state index in [0.717, 1.165) is 0 Å². The van der Waals surface area contributed by atoms with E-state index in [2.05, 4.69) is 0 Å². The molecule has 17 heavy (non-hydrogen) atoms. The lowest BCUT2D eigenvalue weighted by Crippen LogP contribution is -2.56. The summed E-state index contributed by atoms with van der Waals surface area (Å²) >= 11 is 4.97. The highest BCUT2D eigenvalue weighted by Crippen LogP contribution is 2.33. The van der Waals surface area contributed by atoms with Crippen molar-refractivity contribution >= 4 is 29.0 Å². The third kappa shape index (κ3) is 3.03. The van der Waals surface area contributed by atoms with Crippen LogP contribution in [0.25, 0.3) is 0 Å². The maximum Gasteiger partial charge on any atom is 0.230 e. The van der Waals surface area contributed by atoms with E-state index in [4.69, 9.17) is 18.0 Å². The highest BCUT2D eigenvalue weighted by atomic mass is 32.1. The van der Waals surface area contributed by atoms with Crippen molar-refractivity contribution in [3.05, 3.63) is 0 Å². The number of thiocarbonyl (C=S) groups is 1. The molecule has 0 aromatic carbocycles. The summed E-state index contributed by atoms with van der Waals surface area (Å²) in [5.74, 6) is -0.294. The number of piperidine rings is 1. The number of carbonyl (C=O) groups excluding carboxylic acids is 2. The molecule has 1 saturated heterocycles. The van der Waals surface area contributed by atoms with Crippen LogP contribution < -0.4 is 5.73 Å². The summed E-state index contributed by atoms with van der Waals surface area (Å²) in [6, 6.07) is -0.457. The van der Waals surface area contributed by atoms with Gasteiger partial charge in [0.2, 0.25) is 11.8 Å². The van der Waals surface area contributed by atoms with Crippen molar-refractivity contribution < 1.29 is 9.59 Å². The van der Waals surface area contributed by atoms with Gasteiger partial charge < -0.3 is 5.73 Å². The van der Waals surface area contributed by atoms with Gasteiger partial charge in [0.1, 0.15) is 0 Å². The van der Waals surface area contributed by atoms with E-state index in [1.807, 2.05) is 27.7 Å². The molecule has 0 aromatic heterocycles. The number of carbonyl (C=O) groups is 2. The van der Waals surface area contributed by atoms with E-state index < -0.39 is 6.04 Å². The SMILES string of the molecule is CC(C)C(C(N)=S)N1C(=O)CC(C)(C)CC1=O. The van der Waals surface area contributed by atoms with Crippen molar-refractivity contribution in [3.8, 4) is 0 Å². The van der Waals surface area contributed by atoms with Crippen molar-refractivity contribution in [2.24, 2.45) is 17.1 Å². The number of amides is 2. The number of imide groups is 1. The third-order valence-corrected chi connectivity index (χ3v) is 3.24. The van der Waals surface area contributed by atoms with Gasteiger partial charge in [-0.1, -0.05) is 39.9 Å². The van der Waals surface area contributed by atoms with Crippen LogP contribution in [0.2, 0.25) is 0 Å². The van der Waals surface area contributed by atoms with Gasteiger partial charge in [-0.25, -0.2) is 0 Å². The molecule has 0 spiro atoms. The van der Waals surface area contributed by atoms with E-state index in [1.165, 1.54) is 4.90 Å². The molecule has 4 nitrogen and oxygen atoms in total. The second-order valence-corrected chi connectivity index (χ2v) is 6.24. The zero-order valence-electron chi connectivity index (χ0n) is 10.8. The third-order valence-electron chi connectivity index (χ3n) is 3.00. The fourth-order valence-electron chi connectivity index (χ4n) is 2.25. The van der Waals surface area contributed by atoms with Crippen LogP contribution in [0, 0.1) is 11.3 Å². The summed E-state index contributed by atoms with van der Waals surface area (Å²) in [6.07, 6.45) is 0.731. The number of nitrogens with zero attached hydrogens (tertiary/aromatic N) is 1. The van der Waals surface area contributed by atoms with Gasteiger partial charge in [0.25, 0.3) is 0 Å². The fourth-order valence-corrected chi connectivity index (χ4v) is 2.63. The first kappa shape index (κ1) is 14.1. The van der Waals surface area contributed by atoms with Gasteiger partial charge in [0.15, 0.2) is 0 Å². The molecule has 1 rings (SSSR count). The molecule has 0 radical (unpaired) electrons. The maximum absolute atomic E-state index is 12.1. The molecule has 1 fully saturated rings. The highest BCUT2D eigenvalue weighted by Gasteiger charge is 2.42. The number of nitrogens with two attached hydrogens (primary N) is 1. The normalized spacial score (nSPS) is 21.8. The number of hydrogen-bond acceptors (Lipinski definition) is 3. The minimum Gasteiger partial charge on any atom is -0.392 e. The van der Waals surface area contributed by atoms with E-state index in [1.54, 1.807) is 0 Å². The predicted octanol–water partition coefficient (Wildman–Crippen LogP) is 1.47. The van der Waals surface area contributed by atoms with Gasteiger partial charge in [-0.2, -0.15) is 0 Å². The Morgan fingerprint density at radius 1 is 1.29 bits per heavy atom. The van der Waals surface area contributed by atoms with Crippen LogP contribution in [0.3, 0.4) is 0 Å². The second-order valence-electron chi connectivity index (χ2n) is 5.77. The Morgan fingerprint density at radius 2 is 1.71 bits per heavy atom. The fraction of sp³-hybridized carbons (Fsp3) is 0.750. The van der Waals surface area contributed by atoms with Crippen molar-refractivity contribution in [2.45, 2.75) is 46.6 Å². The van der Waals surface area contributed by atoms with Crippen LogP contribution in [-0.2, 0) is 9.59 Å². The number of rotatable bonds is 3. The molecule has 0 saturated carbocycles. The molecule has 1 atom stereocenters. The smallest absolute Gasteiger partial charge is 0.230 e. The van der Waals surface area contributed by atoms with Crippen LogP contribution in [0.5, 0.6) is 0 Å². The Morgan fingerprint density at radius 3 is 2.00 bits per heavy atom. The average Bonchev–Trinajstić information content (AvgIpc) is 2.07. The molecule has 0 aromatic rings.